The van der Waals surface area contributed by atoms with E-state index in [-0.39, 0.29) is 5.91 Å². The Hall–Kier alpha value is -1.38. The predicted molar refractivity (Wildman–Crippen MR) is 37.6 cm³/mol. The van der Waals surface area contributed by atoms with Gasteiger partial charge in [-0.05, 0) is 12.1 Å². The van der Waals surface area contributed by atoms with E-state index in [1.54, 1.807) is 18.3 Å². The van der Waals surface area contributed by atoms with E-state index in [4.69, 9.17) is 1.41 Å². The smallest absolute Gasteiger partial charge is 0.252 e. The third-order valence-electron chi connectivity index (χ3n) is 1.11. The van der Waals surface area contributed by atoms with Crippen molar-refractivity contribution in [2.45, 2.75) is 0 Å². The first-order valence-corrected chi connectivity index (χ1v) is 2.89. The van der Waals surface area contributed by atoms with E-state index in [1.165, 1.54) is 13.2 Å². The van der Waals surface area contributed by atoms with E-state index in [0.29, 0.717) is 5.56 Å². The topological polar surface area (TPSA) is 42.0 Å². The van der Waals surface area contributed by atoms with E-state index >= 15 is 0 Å². The van der Waals surface area contributed by atoms with Crippen LogP contribution in [0.1, 0.15) is 10.4 Å². The van der Waals surface area contributed by atoms with Gasteiger partial charge in [0.2, 0.25) is 0 Å². The van der Waals surface area contributed by atoms with Crippen LogP contribution in [0, 0.1) is 0 Å². The Bertz CT molecular complexity index is 248. The molecule has 1 rings (SSSR count). The van der Waals surface area contributed by atoms with Crippen molar-refractivity contribution in [3.63, 3.8) is 0 Å². The van der Waals surface area contributed by atoms with Gasteiger partial charge in [0, 0.05) is 19.4 Å². The van der Waals surface area contributed by atoms with Crippen LogP contribution in [0.4, 0.5) is 0 Å². The van der Waals surface area contributed by atoms with Crippen molar-refractivity contribution in [3.8, 4) is 0 Å². The molecule has 0 spiro atoms. The molecule has 3 nitrogen and oxygen atoms in total. The lowest BCUT2D eigenvalue weighted by molar-refractivity contribution is 0.0963. The van der Waals surface area contributed by atoms with Crippen molar-refractivity contribution in [2.24, 2.45) is 0 Å². The van der Waals surface area contributed by atoms with Crippen LogP contribution >= 0.6 is 0 Å². The highest BCUT2D eigenvalue weighted by Gasteiger charge is 1.98. The molecule has 1 aromatic heterocycles. The maximum Gasteiger partial charge on any atom is 0.252 e. The maximum absolute atomic E-state index is 11.0. The molecule has 0 saturated heterocycles. The van der Waals surface area contributed by atoms with E-state index in [0.717, 1.165) is 5.31 Å². The molecule has 1 heterocycles. The molecule has 0 bridgehead atoms. The van der Waals surface area contributed by atoms with Crippen LogP contribution in [0.5, 0.6) is 0 Å². The second-order valence-electron chi connectivity index (χ2n) is 1.77. The number of amides is 1. The SMILES string of the molecule is [2H]N(C)C(=O)c1cccnc1. The van der Waals surface area contributed by atoms with Gasteiger partial charge in [-0.15, -0.1) is 0 Å². The van der Waals surface area contributed by atoms with E-state index < -0.39 is 0 Å². The van der Waals surface area contributed by atoms with Crippen molar-refractivity contribution < 1.29 is 6.21 Å². The molecule has 0 radical (unpaired) electrons. The summed E-state index contributed by atoms with van der Waals surface area (Å²) in [6, 6.07) is 3.29. The van der Waals surface area contributed by atoms with Crippen LogP contribution in [-0.2, 0) is 0 Å². The van der Waals surface area contributed by atoms with Crippen LogP contribution in [0.3, 0.4) is 0 Å². The van der Waals surface area contributed by atoms with E-state index in [9.17, 15) is 4.79 Å². The molecule has 0 unspecified atom stereocenters. The van der Waals surface area contributed by atoms with Gasteiger partial charge in [0.05, 0.1) is 5.56 Å². The van der Waals surface area contributed by atoms with Crippen LogP contribution in [0.2, 0.25) is 1.41 Å². The Kier molecular flexibility index (Phi) is 1.60. The third kappa shape index (κ3) is 1.31. The fraction of sp³-hybridized carbons (Fsp3) is 0.143. The number of carbonyl (C=O) groups excluding carboxylic acids is 1. The molecule has 10 heavy (non-hydrogen) atoms. The van der Waals surface area contributed by atoms with Gasteiger partial charge < -0.3 is 5.31 Å². The number of hydrogen-bond acceptors (Lipinski definition) is 2. The highest BCUT2D eigenvalue weighted by molar-refractivity contribution is 5.93. The third-order valence-corrected chi connectivity index (χ3v) is 1.11. The number of nitrogens with one attached hydrogen (secondary N) is 1. The summed E-state index contributed by atoms with van der Waals surface area (Å²) in [5.41, 5.74) is 0.435. The van der Waals surface area contributed by atoms with Gasteiger partial charge in [0.15, 0.2) is 1.41 Å². The first-order valence-electron chi connectivity index (χ1n) is 3.33. The summed E-state index contributed by atoms with van der Waals surface area (Å²) in [5.74, 6) is -0.349. The van der Waals surface area contributed by atoms with Crippen LogP contribution < -0.4 is 5.31 Å². The average Bonchev–Trinajstić information content (AvgIpc) is 2.05. The first-order chi connectivity index (χ1) is 5.22. The molecule has 1 aromatic rings. The number of carbonyl (C=O) groups is 1. The number of nitrogens with zero attached hydrogens (tertiary/aromatic N) is 1. The van der Waals surface area contributed by atoms with Gasteiger partial charge in [-0.25, -0.2) is 0 Å². The minimum atomic E-state index is -0.349. The lowest BCUT2D eigenvalue weighted by Crippen LogP contribution is -2.17. The van der Waals surface area contributed by atoms with E-state index in [1.807, 2.05) is 0 Å². The summed E-state index contributed by atoms with van der Waals surface area (Å²) < 4.78 is 6.98. The Morgan fingerprint density at radius 3 is 3.20 bits per heavy atom. The fourth-order valence-electron chi connectivity index (χ4n) is 0.618. The van der Waals surface area contributed by atoms with Crippen molar-refractivity contribution in [3.05, 3.63) is 30.1 Å². The van der Waals surface area contributed by atoms with Gasteiger partial charge in [-0.2, -0.15) is 0 Å². The van der Waals surface area contributed by atoms with Gasteiger partial charge in [-0.3, -0.25) is 9.78 Å². The van der Waals surface area contributed by atoms with Crippen molar-refractivity contribution in [1.29, 1.82) is 0 Å². The lowest BCUT2D eigenvalue weighted by atomic mass is 10.3. The summed E-state index contributed by atoms with van der Waals surface area (Å²) in [7, 11) is 1.38. The molecule has 0 fully saturated rings. The standard InChI is InChI=1S/C7H8N2O/c1-8-7(10)6-3-2-4-9-5-6/h2-5H,1H3,(H,8,10)/i/hD. The molecular weight excluding hydrogens is 128 g/mol. The van der Waals surface area contributed by atoms with Crippen molar-refractivity contribution >= 4 is 5.91 Å². The van der Waals surface area contributed by atoms with Crippen LogP contribution in [0.15, 0.2) is 24.5 Å². The second kappa shape index (κ2) is 2.96. The van der Waals surface area contributed by atoms with Crippen LogP contribution in [0.25, 0.3) is 0 Å². The van der Waals surface area contributed by atoms with Gasteiger partial charge in [0.25, 0.3) is 5.91 Å². The molecule has 0 atom stereocenters. The summed E-state index contributed by atoms with van der Waals surface area (Å²) in [4.78, 5) is 14.8. The van der Waals surface area contributed by atoms with Gasteiger partial charge >= 0.3 is 0 Å². The molecule has 0 aliphatic carbocycles. The fourth-order valence-corrected chi connectivity index (χ4v) is 0.618. The Balaban J connectivity index is 2.86. The summed E-state index contributed by atoms with van der Waals surface area (Å²) >= 11 is 0. The minimum Gasteiger partial charge on any atom is -0.355 e. The maximum atomic E-state index is 11.0. The molecule has 0 aliphatic rings. The molecule has 1 N–H and O–H groups in total. The molecule has 0 saturated carbocycles. The second-order valence-corrected chi connectivity index (χ2v) is 1.77. The number of rotatable bonds is 1. The van der Waals surface area contributed by atoms with Crippen molar-refractivity contribution in [2.75, 3.05) is 7.05 Å². The number of aromatic nitrogens is 1. The average molecular weight is 137 g/mol. The normalized spacial score (nSPS) is 10.3. The Labute approximate surface area is 60.6 Å². The van der Waals surface area contributed by atoms with Crippen molar-refractivity contribution in [1.82, 2.24) is 10.3 Å². The quantitative estimate of drug-likeness (QED) is 0.610. The molecular formula is C7H8N2O. The zero-order chi connectivity index (χ0) is 8.27. The molecule has 1 amide bonds. The first kappa shape index (κ1) is 5.41. The van der Waals surface area contributed by atoms with Crippen LogP contribution in [-0.4, -0.2) is 17.9 Å². The highest BCUT2D eigenvalue weighted by atomic mass is 16.1. The lowest BCUT2D eigenvalue weighted by Gasteiger charge is -1.95. The highest BCUT2D eigenvalue weighted by Crippen LogP contribution is 1.93. The molecule has 3 heteroatoms. The molecule has 0 aliphatic heterocycles. The Morgan fingerprint density at radius 2 is 2.70 bits per heavy atom. The van der Waals surface area contributed by atoms with Gasteiger partial charge in [0.1, 0.15) is 0 Å². The summed E-state index contributed by atoms with van der Waals surface area (Å²) in [6.07, 6.45) is 3.02. The predicted octanol–water partition coefficient (Wildman–Crippen LogP) is 0.441. The Morgan fingerprint density at radius 1 is 1.90 bits per heavy atom. The zero-order valence-electron chi connectivity index (χ0n) is 6.61. The number of pyridine rings is 1. The largest absolute Gasteiger partial charge is 0.355 e. The molecule has 0 aromatic carbocycles. The zero-order valence-corrected chi connectivity index (χ0v) is 5.61. The van der Waals surface area contributed by atoms with Gasteiger partial charge in [-0.1, -0.05) is 0 Å². The summed E-state index contributed by atoms with van der Waals surface area (Å²) in [6.45, 7) is 0. The van der Waals surface area contributed by atoms with E-state index in [2.05, 4.69) is 4.98 Å². The monoisotopic (exact) mass is 137 g/mol. The minimum absolute atomic E-state index is 0.349. The number of hydrogen-bond donors (Lipinski definition) is 1. The summed E-state index contributed by atoms with van der Waals surface area (Å²) in [5, 5.41) is 0.775. The molecule has 52 valence electrons.